The van der Waals surface area contributed by atoms with Gasteiger partial charge in [0.1, 0.15) is 5.75 Å². The number of methoxy groups -OCH3 is 2. The van der Waals surface area contributed by atoms with Crippen LogP contribution in [-0.2, 0) is 11.3 Å². The smallest absolute Gasteiger partial charge is 0.191 e. The van der Waals surface area contributed by atoms with Gasteiger partial charge in [0.15, 0.2) is 5.96 Å². The van der Waals surface area contributed by atoms with Crippen LogP contribution in [0.3, 0.4) is 0 Å². The monoisotopic (exact) mass is 554 g/mol. The number of hydrogen-bond donors (Lipinski definition) is 2. The van der Waals surface area contributed by atoms with Gasteiger partial charge < -0.3 is 25.0 Å². The quantitative estimate of drug-likeness (QED) is 0.224. The van der Waals surface area contributed by atoms with Crippen LogP contribution in [0.2, 0.25) is 0 Å². The Morgan fingerprint density at radius 3 is 2.67 bits per heavy atom. The predicted octanol–water partition coefficient (Wildman–Crippen LogP) is 3.24. The Kier molecular flexibility index (Phi) is 12.3. The summed E-state index contributed by atoms with van der Waals surface area (Å²) in [5, 5.41) is 6.95. The first kappa shape index (κ1) is 24.5. The molecule has 0 unspecified atom stereocenters. The van der Waals surface area contributed by atoms with E-state index in [9.17, 15) is 0 Å². The van der Waals surface area contributed by atoms with E-state index in [2.05, 4.69) is 42.5 Å². The number of guanidine groups is 1. The molecule has 2 rings (SSSR count). The van der Waals surface area contributed by atoms with Crippen LogP contribution in [0.15, 0.2) is 27.7 Å². The number of piperidine rings is 1. The summed E-state index contributed by atoms with van der Waals surface area (Å²) in [6.07, 6.45) is 3.37. The summed E-state index contributed by atoms with van der Waals surface area (Å²) in [5.41, 5.74) is 1.10. The number of likely N-dealkylation sites (tertiary alicyclic amines) is 1. The van der Waals surface area contributed by atoms with Gasteiger partial charge >= 0.3 is 0 Å². The Hall–Kier alpha value is -0.580. The lowest BCUT2D eigenvalue weighted by atomic mass is 10.1. The summed E-state index contributed by atoms with van der Waals surface area (Å²) < 4.78 is 11.6. The van der Waals surface area contributed by atoms with E-state index in [0.717, 1.165) is 67.2 Å². The molecule has 0 aliphatic carbocycles. The number of aliphatic imine (C=N–C) groups is 1. The second-order valence-electron chi connectivity index (χ2n) is 6.49. The van der Waals surface area contributed by atoms with E-state index < -0.39 is 0 Å². The molecule has 1 aromatic carbocycles. The molecule has 0 bridgehead atoms. The van der Waals surface area contributed by atoms with E-state index in [4.69, 9.17) is 9.47 Å². The van der Waals surface area contributed by atoms with Crippen molar-refractivity contribution in [2.24, 2.45) is 4.99 Å². The molecule has 0 radical (unpaired) electrons. The maximum Gasteiger partial charge on any atom is 0.191 e. The number of ether oxygens (including phenoxy) is 2. The number of nitrogens with zero attached hydrogens (tertiary/aromatic N) is 2. The number of hydrogen-bond acceptors (Lipinski definition) is 4. The average molecular weight is 555 g/mol. The minimum absolute atomic E-state index is 0. The molecule has 1 heterocycles. The number of nitrogens with one attached hydrogen (secondary N) is 2. The van der Waals surface area contributed by atoms with E-state index >= 15 is 0 Å². The lowest BCUT2D eigenvalue weighted by molar-refractivity contribution is 0.155. The first-order valence-corrected chi connectivity index (χ1v) is 9.96. The third-order valence-electron chi connectivity index (χ3n) is 4.66. The molecular weight excluding hydrogens is 523 g/mol. The molecule has 1 aliphatic heterocycles. The maximum atomic E-state index is 5.43. The van der Waals surface area contributed by atoms with Crippen LogP contribution in [0.25, 0.3) is 0 Å². The Bertz CT molecular complexity index is 581. The Labute approximate surface area is 188 Å². The van der Waals surface area contributed by atoms with Crippen molar-refractivity contribution in [3.05, 3.63) is 28.2 Å². The van der Waals surface area contributed by atoms with E-state index in [0.29, 0.717) is 12.6 Å². The zero-order chi connectivity index (χ0) is 18.8. The van der Waals surface area contributed by atoms with Crippen LogP contribution in [0.5, 0.6) is 5.75 Å². The summed E-state index contributed by atoms with van der Waals surface area (Å²) in [5.74, 6) is 1.71. The molecule has 0 spiro atoms. The lowest BCUT2D eigenvalue weighted by Gasteiger charge is -2.33. The molecule has 0 amide bonds. The molecule has 8 heteroatoms. The van der Waals surface area contributed by atoms with Gasteiger partial charge in [-0.15, -0.1) is 24.0 Å². The fraction of sp³-hybridized carbons (Fsp3) is 0.632. The van der Waals surface area contributed by atoms with Gasteiger partial charge in [0.25, 0.3) is 0 Å². The zero-order valence-electron chi connectivity index (χ0n) is 16.5. The SMILES string of the molecule is CN=C(NCc1cc(Br)ccc1OC)NC1CCN(CCCOC)CC1.I. The minimum atomic E-state index is 0. The lowest BCUT2D eigenvalue weighted by Crippen LogP contribution is -2.48. The van der Waals surface area contributed by atoms with Crippen molar-refractivity contribution in [2.75, 3.05) is 47.5 Å². The van der Waals surface area contributed by atoms with Gasteiger partial charge in [0.05, 0.1) is 7.11 Å². The van der Waals surface area contributed by atoms with Gasteiger partial charge in [0, 0.05) is 63.0 Å². The van der Waals surface area contributed by atoms with Gasteiger partial charge in [-0.3, -0.25) is 4.99 Å². The summed E-state index contributed by atoms with van der Waals surface area (Å²) in [6, 6.07) is 6.48. The van der Waals surface area contributed by atoms with Crippen molar-refractivity contribution in [1.82, 2.24) is 15.5 Å². The van der Waals surface area contributed by atoms with Crippen LogP contribution in [0, 0.1) is 0 Å². The number of rotatable bonds is 8. The summed E-state index contributed by atoms with van der Waals surface area (Å²) >= 11 is 3.52. The van der Waals surface area contributed by atoms with Gasteiger partial charge in [-0.05, 0) is 37.5 Å². The number of halogens is 2. The van der Waals surface area contributed by atoms with Crippen LogP contribution >= 0.6 is 39.9 Å². The van der Waals surface area contributed by atoms with E-state index in [1.165, 1.54) is 0 Å². The molecule has 0 aromatic heterocycles. The molecule has 1 saturated heterocycles. The molecule has 154 valence electrons. The third kappa shape index (κ3) is 8.53. The molecule has 1 aromatic rings. The van der Waals surface area contributed by atoms with Gasteiger partial charge in [-0.25, -0.2) is 0 Å². The topological polar surface area (TPSA) is 58.1 Å². The Morgan fingerprint density at radius 2 is 2.04 bits per heavy atom. The van der Waals surface area contributed by atoms with E-state index in [1.807, 2.05) is 19.2 Å². The normalized spacial score (nSPS) is 15.9. The molecule has 0 atom stereocenters. The van der Waals surface area contributed by atoms with Gasteiger partial charge in [0.2, 0.25) is 0 Å². The van der Waals surface area contributed by atoms with E-state index in [-0.39, 0.29) is 24.0 Å². The Balaban J connectivity index is 0.00000364. The van der Waals surface area contributed by atoms with Gasteiger partial charge in [-0.2, -0.15) is 0 Å². The molecule has 1 fully saturated rings. The van der Waals surface area contributed by atoms with Crippen molar-refractivity contribution < 1.29 is 9.47 Å². The highest BCUT2D eigenvalue weighted by atomic mass is 127. The largest absolute Gasteiger partial charge is 0.496 e. The van der Waals surface area contributed by atoms with Crippen LogP contribution < -0.4 is 15.4 Å². The van der Waals surface area contributed by atoms with Crippen LogP contribution in [0.4, 0.5) is 0 Å². The maximum absolute atomic E-state index is 5.43. The highest BCUT2D eigenvalue weighted by Crippen LogP contribution is 2.22. The van der Waals surface area contributed by atoms with E-state index in [1.54, 1.807) is 14.2 Å². The fourth-order valence-electron chi connectivity index (χ4n) is 3.19. The second kappa shape index (κ2) is 13.6. The van der Waals surface area contributed by atoms with Crippen LogP contribution in [-0.4, -0.2) is 64.4 Å². The first-order valence-electron chi connectivity index (χ1n) is 9.17. The Morgan fingerprint density at radius 1 is 1.30 bits per heavy atom. The van der Waals surface area contributed by atoms with Crippen molar-refractivity contribution in [1.29, 1.82) is 0 Å². The third-order valence-corrected chi connectivity index (χ3v) is 5.16. The number of benzene rings is 1. The molecule has 0 saturated carbocycles. The minimum Gasteiger partial charge on any atom is -0.496 e. The van der Waals surface area contributed by atoms with Crippen molar-refractivity contribution in [2.45, 2.75) is 31.8 Å². The standard InChI is InChI=1S/C19H31BrN4O2.HI/c1-21-19(22-14-15-13-16(20)5-6-18(15)26-3)23-17-7-10-24(11-8-17)9-4-12-25-2;/h5-6,13,17H,4,7-12,14H2,1-3H3,(H2,21,22,23);1H. The molecular formula is C19H32BrIN4O2. The molecule has 27 heavy (non-hydrogen) atoms. The predicted molar refractivity (Wildman–Crippen MR) is 125 cm³/mol. The zero-order valence-corrected chi connectivity index (χ0v) is 20.4. The van der Waals surface area contributed by atoms with Crippen molar-refractivity contribution >= 4 is 45.9 Å². The fourth-order valence-corrected chi connectivity index (χ4v) is 3.59. The average Bonchev–Trinajstić information content (AvgIpc) is 2.66. The second-order valence-corrected chi connectivity index (χ2v) is 7.40. The molecule has 6 nitrogen and oxygen atoms in total. The van der Waals surface area contributed by atoms with Crippen molar-refractivity contribution in [3.8, 4) is 5.75 Å². The van der Waals surface area contributed by atoms with Crippen LogP contribution in [0.1, 0.15) is 24.8 Å². The molecule has 2 N–H and O–H groups in total. The highest BCUT2D eigenvalue weighted by molar-refractivity contribution is 14.0. The van der Waals surface area contributed by atoms with Crippen molar-refractivity contribution in [3.63, 3.8) is 0 Å². The van der Waals surface area contributed by atoms with Gasteiger partial charge in [-0.1, -0.05) is 15.9 Å². The summed E-state index contributed by atoms with van der Waals surface area (Å²) in [4.78, 5) is 6.88. The summed E-state index contributed by atoms with van der Waals surface area (Å²) in [7, 11) is 5.27. The highest BCUT2D eigenvalue weighted by Gasteiger charge is 2.19. The first-order chi connectivity index (χ1) is 12.7. The summed E-state index contributed by atoms with van der Waals surface area (Å²) in [6.45, 7) is 4.87. The molecule has 1 aliphatic rings.